The van der Waals surface area contributed by atoms with E-state index < -0.39 is 6.10 Å². The quantitative estimate of drug-likeness (QED) is 0.912. The lowest BCUT2D eigenvalue weighted by Crippen LogP contribution is -2.19. The van der Waals surface area contributed by atoms with Crippen molar-refractivity contribution >= 4 is 0 Å². The van der Waals surface area contributed by atoms with E-state index in [-0.39, 0.29) is 11.9 Å². The number of halogens is 1. The Hall–Kier alpha value is -2.07. The van der Waals surface area contributed by atoms with Crippen LogP contribution in [0.2, 0.25) is 0 Å². The highest BCUT2D eigenvalue weighted by molar-refractivity contribution is 5.41. The highest BCUT2D eigenvalue weighted by atomic mass is 19.1. The lowest BCUT2D eigenvalue weighted by atomic mass is 9.94. The molecule has 0 radical (unpaired) electrons. The molecule has 1 heterocycles. The van der Waals surface area contributed by atoms with Gasteiger partial charge in [0.05, 0.1) is 13.2 Å². The first-order valence-electron chi connectivity index (χ1n) is 6.46. The maximum absolute atomic E-state index is 13.2. The number of aliphatic hydroxyl groups is 1. The lowest BCUT2D eigenvalue weighted by molar-refractivity contribution is 0.0641. The second kappa shape index (κ2) is 5.13. The third-order valence-corrected chi connectivity index (χ3v) is 3.52. The fourth-order valence-corrected chi connectivity index (χ4v) is 2.54. The molecule has 0 saturated heterocycles. The van der Waals surface area contributed by atoms with Crippen LogP contribution in [-0.4, -0.2) is 12.2 Å². The maximum Gasteiger partial charge on any atom is 0.130 e. The molecule has 4 heteroatoms. The minimum absolute atomic E-state index is 0.306. The predicted molar refractivity (Wildman–Crippen MR) is 72.3 cm³/mol. The van der Waals surface area contributed by atoms with Crippen LogP contribution in [0.15, 0.2) is 42.5 Å². The number of hydrogen-bond acceptors (Lipinski definition) is 3. The Morgan fingerprint density at radius 3 is 2.80 bits per heavy atom. The van der Waals surface area contributed by atoms with Gasteiger partial charge in [0.1, 0.15) is 23.4 Å². The van der Waals surface area contributed by atoms with E-state index in [2.05, 4.69) is 0 Å². The highest BCUT2D eigenvalue weighted by Crippen LogP contribution is 2.42. The average Bonchev–Trinajstić information content (AvgIpc) is 2.47. The van der Waals surface area contributed by atoms with Gasteiger partial charge in [0.2, 0.25) is 0 Å². The first-order valence-corrected chi connectivity index (χ1v) is 6.46. The molecule has 2 aromatic carbocycles. The van der Waals surface area contributed by atoms with Gasteiger partial charge in [-0.25, -0.2) is 4.39 Å². The Morgan fingerprint density at radius 2 is 2.00 bits per heavy atom. The van der Waals surface area contributed by atoms with E-state index in [1.54, 1.807) is 13.2 Å². The van der Waals surface area contributed by atoms with Crippen LogP contribution in [-0.2, 0) is 0 Å². The average molecular weight is 274 g/mol. The summed E-state index contributed by atoms with van der Waals surface area (Å²) < 4.78 is 24.4. The fraction of sp³-hybridized carbons (Fsp3) is 0.250. The Kier molecular flexibility index (Phi) is 3.32. The predicted octanol–water partition coefficient (Wildman–Crippen LogP) is 3.39. The zero-order valence-corrected chi connectivity index (χ0v) is 11.0. The number of aliphatic hydroxyl groups excluding tert-OH is 1. The van der Waals surface area contributed by atoms with Gasteiger partial charge in [-0.15, -0.1) is 0 Å². The van der Waals surface area contributed by atoms with E-state index in [9.17, 15) is 9.50 Å². The largest absolute Gasteiger partial charge is 0.496 e. The summed E-state index contributed by atoms with van der Waals surface area (Å²) in [6.45, 7) is 0. The summed E-state index contributed by atoms with van der Waals surface area (Å²) in [5.74, 6) is 0.860. The molecule has 1 aliphatic rings. The monoisotopic (exact) mass is 274 g/mol. The Bertz CT molecular complexity index is 627. The van der Waals surface area contributed by atoms with Crippen molar-refractivity contribution < 1.29 is 19.0 Å². The first-order chi connectivity index (χ1) is 9.69. The summed E-state index contributed by atoms with van der Waals surface area (Å²) in [4.78, 5) is 0. The van der Waals surface area contributed by atoms with Crippen LogP contribution in [0.3, 0.4) is 0 Å². The summed E-state index contributed by atoms with van der Waals surface area (Å²) in [7, 11) is 1.60. The molecule has 0 aromatic heterocycles. The minimum atomic E-state index is -0.746. The Labute approximate surface area is 116 Å². The van der Waals surface area contributed by atoms with Crippen molar-refractivity contribution in [3.05, 3.63) is 59.4 Å². The standard InChI is InChI=1S/C16H15FO3/c1-19-14-5-3-2-4-11(14)16-9-13(18)12-8-10(17)6-7-15(12)20-16/h2-8,13,16,18H,9H2,1H3. The number of rotatable bonds is 2. The molecule has 0 spiro atoms. The molecular weight excluding hydrogens is 259 g/mol. The van der Waals surface area contributed by atoms with Gasteiger partial charge < -0.3 is 14.6 Å². The van der Waals surface area contributed by atoms with Crippen molar-refractivity contribution in [3.63, 3.8) is 0 Å². The van der Waals surface area contributed by atoms with E-state index in [1.807, 2.05) is 24.3 Å². The Morgan fingerprint density at radius 1 is 1.20 bits per heavy atom. The molecule has 0 fully saturated rings. The molecule has 104 valence electrons. The van der Waals surface area contributed by atoms with Gasteiger partial charge in [0, 0.05) is 17.5 Å². The number of ether oxygens (including phenoxy) is 2. The van der Waals surface area contributed by atoms with Gasteiger partial charge >= 0.3 is 0 Å². The lowest BCUT2D eigenvalue weighted by Gasteiger charge is -2.30. The van der Waals surface area contributed by atoms with Crippen molar-refractivity contribution in [3.8, 4) is 11.5 Å². The van der Waals surface area contributed by atoms with Crippen LogP contribution < -0.4 is 9.47 Å². The van der Waals surface area contributed by atoms with Crippen LogP contribution in [0.4, 0.5) is 4.39 Å². The molecule has 20 heavy (non-hydrogen) atoms. The van der Waals surface area contributed by atoms with Crippen molar-refractivity contribution in [1.82, 2.24) is 0 Å². The van der Waals surface area contributed by atoms with E-state index in [1.165, 1.54) is 12.1 Å². The molecule has 0 aliphatic carbocycles. The SMILES string of the molecule is COc1ccccc1C1CC(O)c2cc(F)ccc2O1. The van der Waals surface area contributed by atoms with Crippen LogP contribution in [0.1, 0.15) is 29.8 Å². The molecule has 3 nitrogen and oxygen atoms in total. The van der Waals surface area contributed by atoms with Crippen molar-refractivity contribution in [2.45, 2.75) is 18.6 Å². The molecule has 2 unspecified atom stereocenters. The molecule has 0 amide bonds. The topological polar surface area (TPSA) is 38.7 Å². The van der Waals surface area contributed by atoms with Gasteiger partial charge in [0.25, 0.3) is 0 Å². The molecule has 1 aliphatic heterocycles. The van der Waals surface area contributed by atoms with Crippen molar-refractivity contribution in [1.29, 1.82) is 0 Å². The van der Waals surface area contributed by atoms with Gasteiger partial charge in [-0.1, -0.05) is 18.2 Å². The minimum Gasteiger partial charge on any atom is -0.496 e. The third-order valence-electron chi connectivity index (χ3n) is 3.52. The van der Waals surface area contributed by atoms with Crippen LogP contribution in [0.25, 0.3) is 0 Å². The van der Waals surface area contributed by atoms with Crippen molar-refractivity contribution in [2.75, 3.05) is 7.11 Å². The van der Waals surface area contributed by atoms with E-state index in [0.717, 1.165) is 11.3 Å². The number of benzene rings is 2. The van der Waals surface area contributed by atoms with Gasteiger partial charge in [-0.3, -0.25) is 0 Å². The van der Waals surface area contributed by atoms with Crippen LogP contribution in [0, 0.1) is 5.82 Å². The molecule has 0 bridgehead atoms. The van der Waals surface area contributed by atoms with Gasteiger partial charge in [0.15, 0.2) is 0 Å². The summed E-state index contributed by atoms with van der Waals surface area (Å²) >= 11 is 0. The highest BCUT2D eigenvalue weighted by Gasteiger charge is 2.29. The summed E-state index contributed by atoms with van der Waals surface area (Å²) in [5, 5.41) is 10.2. The maximum atomic E-state index is 13.2. The molecule has 2 atom stereocenters. The van der Waals surface area contributed by atoms with Gasteiger partial charge in [-0.2, -0.15) is 0 Å². The normalized spacial score (nSPS) is 20.9. The molecular formula is C16H15FO3. The number of methoxy groups -OCH3 is 1. The summed E-state index contributed by atoms with van der Waals surface area (Å²) in [5.41, 5.74) is 1.38. The van der Waals surface area contributed by atoms with Crippen molar-refractivity contribution in [2.24, 2.45) is 0 Å². The number of para-hydroxylation sites is 1. The first kappa shape index (κ1) is 12.9. The number of fused-ring (bicyclic) bond motifs is 1. The third kappa shape index (κ3) is 2.23. The summed E-state index contributed by atoms with van der Waals surface area (Å²) in [6.07, 6.45) is -0.680. The second-order valence-electron chi connectivity index (χ2n) is 4.78. The molecule has 0 saturated carbocycles. The zero-order valence-electron chi connectivity index (χ0n) is 11.0. The van der Waals surface area contributed by atoms with E-state index in [0.29, 0.717) is 17.7 Å². The second-order valence-corrected chi connectivity index (χ2v) is 4.78. The molecule has 3 rings (SSSR count). The van der Waals surface area contributed by atoms with Gasteiger partial charge in [-0.05, 0) is 24.3 Å². The smallest absolute Gasteiger partial charge is 0.130 e. The fourth-order valence-electron chi connectivity index (χ4n) is 2.54. The zero-order chi connectivity index (χ0) is 14.1. The van der Waals surface area contributed by atoms with Crippen LogP contribution in [0.5, 0.6) is 11.5 Å². The van der Waals surface area contributed by atoms with E-state index >= 15 is 0 Å². The molecule has 2 aromatic rings. The van der Waals surface area contributed by atoms with Crippen LogP contribution >= 0.6 is 0 Å². The number of hydrogen-bond donors (Lipinski definition) is 1. The Balaban J connectivity index is 1.97. The van der Waals surface area contributed by atoms with E-state index in [4.69, 9.17) is 9.47 Å². The molecule has 1 N–H and O–H groups in total. The summed E-state index contributed by atoms with van der Waals surface area (Å²) in [6, 6.07) is 11.7.